The summed E-state index contributed by atoms with van der Waals surface area (Å²) in [6, 6.07) is 11.6. The predicted octanol–water partition coefficient (Wildman–Crippen LogP) is 12.4. The number of hydrogen-bond donors (Lipinski definition) is 0. The average Bonchev–Trinajstić information content (AvgIpc) is 3.06. The molecule has 1 aromatic carbocycles. The van der Waals surface area contributed by atoms with Crippen LogP contribution in [-0.4, -0.2) is 25.6 Å². The number of rotatable bonds is 34. The van der Waals surface area contributed by atoms with Gasteiger partial charge in [0.1, 0.15) is 5.54 Å². The zero-order valence-electron chi connectivity index (χ0n) is 33.2. The van der Waals surface area contributed by atoms with Crippen LogP contribution in [0.15, 0.2) is 54.6 Å². The van der Waals surface area contributed by atoms with E-state index in [1.807, 2.05) is 0 Å². The largest absolute Gasteiger partial charge is 1.00 e. The van der Waals surface area contributed by atoms with Crippen molar-refractivity contribution < 1.29 is 16.9 Å². The molecule has 0 amide bonds. The Bertz CT molecular complexity index is 793. The second-order valence-corrected chi connectivity index (χ2v) is 15.8. The third-order valence-electron chi connectivity index (χ3n) is 10.8. The van der Waals surface area contributed by atoms with Crippen molar-refractivity contribution in [3.05, 3.63) is 60.2 Å². The summed E-state index contributed by atoms with van der Waals surface area (Å²) in [4.78, 5) is 0. The Morgan fingerprint density at radius 1 is 0.417 bits per heavy atom. The van der Waals surface area contributed by atoms with Gasteiger partial charge in [0.25, 0.3) is 0 Å². The highest BCUT2D eigenvalue weighted by molar-refractivity contribution is 5.22. The fourth-order valence-corrected chi connectivity index (χ4v) is 7.55. The number of quaternary nitrogens is 1. The number of nitrogens with zero attached hydrogens (tertiary/aromatic N) is 1. The molecule has 0 aromatic heterocycles. The van der Waals surface area contributed by atoms with Gasteiger partial charge in [0.15, 0.2) is 0 Å². The molecule has 1 aromatic rings. The highest BCUT2D eigenvalue weighted by Gasteiger charge is 2.43. The number of unbranched alkanes of at least 4 members (excludes halogenated alkanes) is 24. The van der Waals surface area contributed by atoms with Gasteiger partial charge in [-0.2, -0.15) is 0 Å². The summed E-state index contributed by atoms with van der Waals surface area (Å²) in [7, 11) is 7.35. The van der Waals surface area contributed by atoms with Crippen molar-refractivity contribution in [3.63, 3.8) is 0 Å². The maximum absolute atomic E-state index is 2.46. The van der Waals surface area contributed by atoms with Crippen molar-refractivity contribution in [3.8, 4) is 0 Å². The van der Waals surface area contributed by atoms with Crippen LogP contribution >= 0.6 is 0 Å². The fraction of sp³-hybridized carbons (Fsp3) is 0.783. The summed E-state index contributed by atoms with van der Waals surface area (Å²) in [6.45, 7) is 4.60. The molecule has 1 rings (SSSR count). The molecule has 0 N–H and O–H groups in total. The zero-order chi connectivity index (χ0) is 34.2. The molecule has 280 valence electrons. The van der Waals surface area contributed by atoms with Crippen molar-refractivity contribution >= 4 is 0 Å². The second kappa shape index (κ2) is 33.1. The summed E-state index contributed by atoms with van der Waals surface area (Å²) < 4.78 is 1.03. The predicted molar refractivity (Wildman–Crippen MR) is 214 cm³/mol. The van der Waals surface area contributed by atoms with Gasteiger partial charge in [-0.15, -0.1) is 0 Å². The molecular formula is C46H84ClN. The zero-order valence-corrected chi connectivity index (χ0v) is 34.0. The molecule has 0 unspecified atom stereocenters. The maximum atomic E-state index is 2.46. The maximum Gasteiger partial charge on any atom is 0.124 e. The first kappa shape index (κ1) is 47.0. The van der Waals surface area contributed by atoms with E-state index in [-0.39, 0.29) is 17.9 Å². The Hall–Kier alpha value is -1.05. The number of benzene rings is 1. The Kier molecular flexibility index (Phi) is 32.4. The molecule has 0 spiro atoms. The van der Waals surface area contributed by atoms with Crippen LogP contribution in [-0.2, 0) is 5.54 Å². The van der Waals surface area contributed by atoms with E-state index < -0.39 is 0 Å². The van der Waals surface area contributed by atoms with E-state index in [0.717, 1.165) is 4.48 Å². The van der Waals surface area contributed by atoms with Gasteiger partial charge in [-0.3, -0.25) is 0 Å². The van der Waals surface area contributed by atoms with Gasteiger partial charge in [-0.1, -0.05) is 184 Å². The molecule has 1 nitrogen and oxygen atoms in total. The van der Waals surface area contributed by atoms with Crippen LogP contribution in [0.5, 0.6) is 0 Å². The molecule has 2 heteroatoms. The first-order chi connectivity index (χ1) is 23.0. The van der Waals surface area contributed by atoms with E-state index in [4.69, 9.17) is 0 Å². The SMILES string of the molecule is CCCCCCCC/C=C\CCCCCCCCC(CCCCCCCC/C=C\CCCCCCCC)(c1ccccc1)[N+](C)(C)C.[Cl-]. The van der Waals surface area contributed by atoms with E-state index >= 15 is 0 Å². The van der Waals surface area contributed by atoms with Crippen LogP contribution in [0.3, 0.4) is 0 Å². The molecule has 0 bridgehead atoms. The molecule has 0 heterocycles. The van der Waals surface area contributed by atoms with Crippen LogP contribution in [0.4, 0.5) is 0 Å². The lowest BCUT2D eigenvalue weighted by Gasteiger charge is -2.47. The van der Waals surface area contributed by atoms with Crippen LogP contribution in [0.1, 0.15) is 212 Å². The quantitative estimate of drug-likeness (QED) is 0.0385. The van der Waals surface area contributed by atoms with Crippen molar-refractivity contribution in [1.29, 1.82) is 0 Å². The molecular weight excluding hydrogens is 602 g/mol. The smallest absolute Gasteiger partial charge is 0.124 e. The van der Waals surface area contributed by atoms with Crippen molar-refractivity contribution in [1.82, 2.24) is 0 Å². The summed E-state index contributed by atoms with van der Waals surface area (Å²) >= 11 is 0. The summed E-state index contributed by atoms with van der Waals surface area (Å²) in [6.07, 6.45) is 51.1. The number of halogens is 1. The fourth-order valence-electron chi connectivity index (χ4n) is 7.55. The van der Waals surface area contributed by atoms with Crippen LogP contribution < -0.4 is 12.4 Å². The van der Waals surface area contributed by atoms with E-state index in [1.165, 1.54) is 193 Å². The molecule has 0 fully saturated rings. The van der Waals surface area contributed by atoms with Gasteiger partial charge in [-0.05, 0) is 64.2 Å². The Morgan fingerprint density at radius 3 is 1.02 bits per heavy atom. The minimum absolute atomic E-state index is 0. The van der Waals surface area contributed by atoms with E-state index in [0.29, 0.717) is 0 Å². The second-order valence-electron chi connectivity index (χ2n) is 15.8. The Labute approximate surface area is 309 Å². The first-order valence-corrected chi connectivity index (χ1v) is 21.1. The minimum Gasteiger partial charge on any atom is -1.00 e. The lowest BCUT2D eigenvalue weighted by Crippen LogP contribution is -3.00. The molecule has 0 atom stereocenters. The number of hydrogen-bond acceptors (Lipinski definition) is 0. The Balaban J connectivity index is 0.0000221. The van der Waals surface area contributed by atoms with E-state index in [9.17, 15) is 0 Å². The van der Waals surface area contributed by atoms with Gasteiger partial charge >= 0.3 is 0 Å². The molecule has 0 aliphatic rings. The van der Waals surface area contributed by atoms with Gasteiger partial charge in [0, 0.05) is 18.4 Å². The lowest BCUT2D eigenvalue weighted by molar-refractivity contribution is -0.933. The van der Waals surface area contributed by atoms with Gasteiger partial charge < -0.3 is 16.9 Å². The third-order valence-corrected chi connectivity index (χ3v) is 10.8. The minimum atomic E-state index is 0. The highest BCUT2D eigenvalue weighted by atomic mass is 35.5. The van der Waals surface area contributed by atoms with Gasteiger partial charge in [-0.25, -0.2) is 0 Å². The van der Waals surface area contributed by atoms with Gasteiger partial charge in [0.2, 0.25) is 0 Å². The summed E-state index contributed by atoms with van der Waals surface area (Å²) in [5.74, 6) is 0. The molecule has 48 heavy (non-hydrogen) atoms. The Morgan fingerprint density at radius 2 is 0.708 bits per heavy atom. The molecule has 0 aliphatic heterocycles. The first-order valence-electron chi connectivity index (χ1n) is 21.1. The van der Waals surface area contributed by atoms with Gasteiger partial charge in [0.05, 0.1) is 21.1 Å². The average molecular weight is 687 g/mol. The van der Waals surface area contributed by atoms with E-state index in [2.05, 4.69) is 89.6 Å². The highest BCUT2D eigenvalue weighted by Crippen LogP contribution is 2.41. The standard InChI is InChI=1S/C46H84N.ClH/c1-6-8-10-12-14-16-18-20-22-24-26-28-30-32-34-39-43-46(47(3,4)5,45-41-37-36-38-42-45)44-40-35-33-31-29-27-25-23-21-19-17-15-13-11-9-7-2;/h20-23,36-38,41-42H,6-19,24-35,39-40,43-44H2,1-5H3;1H/q+1;/p-1/b22-20-,23-21-;. The normalized spacial score (nSPS) is 12.4. The molecule has 0 saturated heterocycles. The lowest BCUT2D eigenvalue weighted by atomic mass is 9.77. The van der Waals surface area contributed by atoms with E-state index in [1.54, 1.807) is 5.56 Å². The summed E-state index contributed by atoms with van der Waals surface area (Å²) in [5, 5.41) is 0. The van der Waals surface area contributed by atoms with Crippen molar-refractivity contribution in [2.75, 3.05) is 21.1 Å². The van der Waals surface area contributed by atoms with Crippen LogP contribution in [0.25, 0.3) is 0 Å². The van der Waals surface area contributed by atoms with Crippen molar-refractivity contribution in [2.45, 2.75) is 212 Å². The number of allylic oxidation sites excluding steroid dienone is 4. The molecule has 0 radical (unpaired) electrons. The summed E-state index contributed by atoms with van der Waals surface area (Å²) in [5.41, 5.74) is 1.79. The third kappa shape index (κ3) is 24.2. The monoisotopic (exact) mass is 686 g/mol. The van der Waals surface area contributed by atoms with Crippen molar-refractivity contribution in [2.24, 2.45) is 0 Å². The molecule has 0 aliphatic carbocycles. The topological polar surface area (TPSA) is 0 Å². The van der Waals surface area contributed by atoms with Crippen LogP contribution in [0, 0.1) is 0 Å². The van der Waals surface area contributed by atoms with Crippen LogP contribution in [0.2, 0.25) is 0 Å². The molecule has 0 saturated carbocycles.